The second kappa shape index (κ2) is 16.7. The molecule has 3 aromatic rings. The van der Waals surface area contributed by atoms with E-state index in [2.05, 4.69) is 37.6 Å². The van der Waals surface area contributed by atoms with Crippen molar-refractivity contribution in [2.75, 3.05) is 56.1 Å². The third-order valence-electron chi connectivity index (χ3n) is 8.71. The number of piperidine rings is 2. The van der Waals surface area contributed by atoms with Gasteiger partial charge >= 0.3 is 0 Å². The molecule has 2 fully saturated rings. The molecule has 236 valence electrons. The molecule has 0 aliphatic carbocycles. The summed E-state index contributed by atoms with van der Waals surface area (Å²) in [5, 5.41) is 15.9. The molecule has 0 radical (unpaired) electrons. The molecule has 2 saturated heterocycles. The van der Waals surface area contributed by atoms with E-state index in [4.69, 9.17) is 4.74 Å². The van der Waals surface area contributed by atoms with Gasteiger partial charge < -0.3 is 25.2 Å². The molecular formula is C34H46N6O3S. The molecule has 2 N–H and O–H groups in total. The van der Waals surface area contributed by atoms with Crippen LogP contribution in [0.3, 0.4) is 0 Å². The van der Waals surface area contributed by atoms with Crippen LogP contribution in [0.2, 0.25) is 0 Å². The third-order valence-corrected chi connectivity index (χ3v) is 9.61. The Bertz CT molecular complexity index is 1300. The number of amides is 2. The van der Waals surface area contributed by atoms with Crippen molar-refractivity contribution in [3.05, 3.63) is 71.3 Å². The van der Waals surface area contributed by atoms with Gasteiger partial charge in [-0.3, -0.25) is 9.59 Å². The zero-order valence-electron chi connectivity index (χ0n) is 25.9. The Labute approximate surface area is 265 Å². The molecule has 0 atom stereocenters. The molecule has 2 aliphatic heterocycles. The number of ether oxygens (including phenoxy) is 1. The second-order valence-electron chi connectivity index (χ2n) is 12.1. The highest BCUT2D eigenvalue weighted by molar-refractivity contribution is 7.19. The van der Waals surface area contributed by atoms with Crippen LogP contribution < -0.4 is 15.5 Å². The molecule has 10 heteroatoms. The summed E-state index contributed by atoms with van der Waals surface area (Å²) >= 11 is 1.43. The number of likely N-dealkylation sites (tertiary alicyclic amines) is 1. The first kappa shape index (κ1) is 32.1. The monoisotopic (exact) mass is 618 g/mol. The summed E-state index contributed by atoms with van der Waals surface area (Å²) in [4.78, 5) is 29.8. The predicted octanol–water partition coefficient (Wildman–Crippen LogP) is 5.39. The molecule has 2 aromatic carbocycles. The van der Waals surface area contributed by atoms with Crippen LogP contribution in [0.1, 0.15) is 66.9 Å². The standard InChI is InChI=1S/C34H46N6O3S/c1-2-17-39-18-12-28(13-19-39)24-35-32(42)30-10-8-29(9-11-30)25-43-22-16-26-14-20-40(21-15-26)34-38-37-33(44-34)36-31(41)23-27-6-4-3-5-7-27/h3-11,26,28H,2,12-25H2,1H3,(H,35,42)(H,36,37,41). The molecule has 3 heterocycles. The number of carbonyl (C=O) groups is 2. The first-order valence-electron chi connectivity index (χ1n) is 16.1. The largest absolute Gasteiger partial charge is 0.377 e. The van der Waals surface area contributed by atoms with E-state index in [9.17, 15) is 9.59 Å². The summed E-state index contributed by atoms with van der Waals surface area (Å²) < 4.78 is 5.99. The summed E-state index contributed by atoms with van der Waals surface area (Å²) in [5.41, 5.74) is 2.77. The minimum absolute atomic E-state index is 0.0114. The van der Waals surface area contributed by atoms with E-state index >= 15 is 0 Å². The minimum atomic E-state index is -0.0805. The van der Waals surface area contributed by atoms with Crippen LogP contribution in [-0.4, -0.2) is 72.8 Å². The lowest BCUT2D eigenvalue weighted by atomic mass is 9.94. The number of aromatic nitrogens is 2. The van der Waals surface area contributed by atoms with Crippen molar-refractivity contribution in [2.45, 2.75) is 58.5 Å². The zero-order valence-corrected chi connectivity index (χ0v) is 26.7. The van der Waals surface area contributed by atoms with Gasteiger partial charge in [0.05, 0.1) is 13.0 Å². The van der Waals surface area contributed by atoms with Gasteiger partial charge in [0, 0.05) is 31.8 Å². The topological polar surface area (TPSA) is 99.7 Å². The number of carbonyl (C=O) groups excluding carboxylic acids is 2. The highest BCUT2D eigenvalue weighted by atomic mass is 32.1. The number of rotatable bonds is 14. The van der Waals surface area contributed by atoms with Crippen LogP contribution in [-0.2, 0) is 22.6 Å². The van der Waals surface area contributed by atoms with E-state index in [1.807, 2.05) is 54.6 Å². The Kier molecular flexibility index (Phi) is 12.1. The van der Waals surface area contributed by atoms with Gasteiger partial charge in [-0.1, -0.05) is 60.7 Å². The molecule has 2 aliphatic rings. The number of hydrogen-bond acceptors (Lipinski definition) is 8. The predicted molar refractivity (Wildman–Crippen MR) is 176 cm³/mol. The van der Waals surface area contributed by atoms with E-state index in [0.29, 0.717) is 35.6 Å². The first-order valence-corrected chi connectivity index (χ1v) is 17.0. The molecule has 2 amide bonds. The van der Waals surface area contributed by atoms with Crippen molar-refractivity contribution in [3.63, 3.8) is 0 Å². The van der Waals surface area contributed by atoms with Crippen molar-refractivity contribution in [2.24, 2.45) is 11.8 Å². The molecule has 44 heavy (non-hydrogen) atoms. The highest BCUT2D eigenvalue weighted by Crippen LogP contribution is 2.29. The number of nitrogens with one attached hydrogen (secondary N) is 2. The average Bonchev–Trinajstić information content (AvgIpc) is 3.52. The van der Waals surface area contributed by atoms with Gasteiger partial charge in [0.25, 0.3) is 5.91 Å². The maximum Gasteiger partial charge on any atom is 0.251 e. The molecule has 0 bridgehead atoms. The van der Waals surface area contributed by atoms with Crippen LogP contribution in [0, 0.1) is 11.8 Å². The molecule has 9 nitrogen and oxygen atoms in total. The van der Waals surface area contributed by atoms with E-state index in [1.165, 1.54) is 24.3 Å². The van der Waals surface area contributed by atoms with Gasteiger partial charge in [0.1, 0.15) is 0 Å². The first-order chi connectivity index (χ1) is 21.6. The van der Waals surface area contributed by atoms with Gasteiger partial charge in [-0.15, -0.1) is 10.2 Å². The molecule has 0 spiro atoms. The fourth-order valence-corrected chi connectivity index (χ4v) is 6.83. The molecule has 0 saturated carbocycles. The Morgan fingerprint density at radius 2 is 1.64 bits per heavy atom. The maximum absolute atomic E-state index is 12.6. The Balaban J connectivity index is 0.939. The molecule has 1 aromatic heterocycles. The van der Waals surface area contributed by atoms with Gasteiger partial charge in [0.2, 0.25) is 16.2 Å². The third kappa shape index (κ3) is 9.84. The van der Waals surface area contributed by atoms with Crippen molar-refractivity contribution in [1.29, 1.82) is 0 Å². The average molecular weight is 619 g/mol. The number of hydrogen-bond donors (Lipinski definition) is 2. The van der Waals surface area contributed by atoms with Crippen LogP contribution in [0.5, 0.6) is 0 Å². The number of nitrogens with zero attached hydrogens (tertiary/aromatic N) is 4. The van der Waals surface area contributed by atoms with Crippen LogP contribution in [0.25, 0.3) is 0 Å². The minimum Gasteiger partial charge on any atom is -0.377 e. The SMILES string of the molecule is CCCN1CCC(CNC(=O)c2ccc(COCCC3CCN(c4nnc(NC(=O)Cc5ccccc5)s4)CC3)cc2)CC1. The van der Waals surface area contributed by atoms with Crippen molar-refractivity contribution in [1.82, 2.24) is 20.4 Å². The van der Waals surface area contributed by atoms with E-state index in [0.717, 1.165) is 87.7 Å². The Morgan fingerprint density at radius 1 is 0.909 bits per heavy atom. The Morgan fingerprint density at radius 3 is 2.36 bits per heavy atom. The lowest BCUT2D eigenvalue weighted by Gasteiger charge is -2.31. The zero-order chi connectivity index (χ0) is 30.6. The molecular weight excluding hydrogens is 572 g/mol. The fraction of sp³-hybridized carbons (Fsp3) is 0.529. The highest BCUT2D eigenvalue weighted by Gasteiger charge is 2.23. The van der Waals surface area contributed by atoms with Crippen LogP contribution in [0.4, 0.5) is 10.3 Å². The lowest BCUT2D eigenvalue weighted by molar-refractivity contribution is -0.115. The summed E-state index contributed by atoms with van der Waals surface area (Å²) in [6.07, 6.45) is 7.05. The van der Waals surface area contributed by atoms with Crippen molar-refractivity contribution < 1.29 is 14.3 Å². The summed E-state index contributed by atoms with van der Waals surface area (Å²) in [7, 11) is 0. The van der Waals surface area contributed by atoms with Crippen molar-refractivity contribution >= 4 is 33.4 Å². The van der Waals surface area contributed by atoms with Gasteiger partial charge in [-0.05, 0) is 93.3 Å². The summed E-state index contributed by atoms with van der Waals surface area (Å²) in [6, 6.07) is 17.5. The fourth-order valence-electron chi connectivity index (χ4n) is 6.01. The normalized spacial score (nSPS) is 16.6. The smallest absolute Gasteiger partial charge is 0.251 e. The van der Waals surface area contributed by atoms with E-state index in [1.54, 1.807) is 0 Å². The van der Waals surface area contributed by atoms with Crippen molar-refractivity contribution in [3.8, 4) is 0 Å². The van der Waals surface area contributed by atoms with Gasteiger partial charge in [-0.25, -0.2) is 0 Å². The van der Waals surface area contributed by atoms with Crippen LogP contribution in [0.15, 0.2) is 54.6 Å². The summed E-state index contributed by atoms with van der Waals surface area (Å²) in [5.74, 6) is 1.13. The molecule has 0 unspecified atom stereocenters. The maximum atomic E-state index is 12.6. The summed E-state index contributed by atoms with van der Waals surface area (Å²) in [6.45, 7) is 9.60. The second-order valence-corrected chi connectivity index (χ2v) is 13.0. The lowest BCUT2D eigenvalue weighted by Crippen LogP contribution is -2.38. The molecule has 5 rings (SSSR count). The Hall–Kier alpha value is -3.34. The quantitative estimate of drug-likeness (QED) is 0.234. The van der Waals surface area contributed by atoms with Crippen LogP contribution >= 0.6 is 11.3 Å². The van der Waals surface area contributed by atoms with Gasteiger partial charge in [-0.2, -0.15) is 0 Å². The van der Waals surface area contributed by atoms with E-state index in [-0.39, 0.29) is 11.8 Å². The van der Waals surface area contributed by atoms with Gasteiger partial charge in [0.15, 0.2) is 0 Å². The number of anilines is 2. The number of benzene rings is 2. The van der Waals surface area contributed by atoms with E-state index < -0.39 is 0 Å².